The first kappa shape index (κ1) is 32.9. The number of amides is 1. The largest absolute Gasteiger partial charge is 0.492 e. The number of halogens is 6. The van der Waals surface area contributed by atoms with Gasteiger partial charge in [0.2, 0.25) is 10.0 Å². The van der Waals surface area contributed by atoms with Gasteiger partial charge in [0.25, 0.3) is 5.91 Å². The predicted molar refractivity (Wildman–Crippen MR) is 147 cm³/mol. The number of nitrogens with one attached hydrogen (secondary N) is 1. The van der Waals surface area contributed by atoms with E-state index in [9.17, 15) is 39.6 Å². The minimum Gasteiger partial charge on any atom is -0.492 e. The van der Waals surface area contributed by atoms with Crippen molar-refractivity contribution in [3.05, 3.63) is 65.6 Å². The highest BCUT2D eigenvalue weighted by Gasteiger charge is 2.32. The number of piperazine rings is 1. The third-order valence-electron chi connectivity index (χ3n) is 6.57. The third kappa shape index (κ3) is 9.25. The Morgan fingerprint density at radius 3 is 2.30 bits per heavy atom. The van der Waals surface area contributed by atoms with Crippen LogP contribution in [0.3, 0.4) is 0 Å². The van der Waals surface area contributed by atoms with Gasteiger partial charge in [0.15, 0.2) is 11.5 Å². The Morgan fingerprint density at radius 2 is 1.68 bits per heavy atom. The number of hydrogen-bond acceptors (Lipinski definition) is 9. The minimum atomic E-state index is -4.70. The number of alkyl halides is 6. The van der Waals surface area contributed by atoms with Crippen molar-refractivity contribution in [2.24, 2.45) is 0 Å². The molecule has 0 spiro atoms. The summed E-state index contributed by atoms with van der Waals surface area (Å²) in [5.41, 5.74) is 0.131. The first-order valence-electron chi connectivity index (χ1n) is 13.3. The maximum Gasteiger partial charge on any atom is 0.416 e. The molecule has 17 heteroatoms. The number of carbonyl (C=O) groups excluding carboxylic acids is 1. The van der Waals surface area contributed by atoms with Crippen molar-refractivity contribution in [3.63, 3.8) is 0 Å². The minimum absolute atomic E-state index is 0.247. The van der Waals surface area contributed by atoms with Gasteiger partial charge in [-0.2, -0.15) is 26.3 Å². The van der Waals surface area contributed by atoms with Crippen LogP contribution in [0.5, 0.6) is 5.75 Å². The standard InChI is InChI=1S/C27H28F6N6O4S/c1-2-43-22-14-20(15-34-16-22)19-11-18(12-21(13-19)27(31,32)33)17-38-6-8-39(9-7-38)24-4-3-23(35-36-24)25(40)37-44(41,42)10-5-26(28,29)30/h3-4,11-16H,2,5-10,17H2,1H3,(H,37,40). The molecule has 0 atom stereocenters. The lowest BCUT2D eigenvalue weighted by atomic mass is 10.00. The monoisotopic (exact) mass is 646 g/mol. The van der Waals surface area contributed by atoms with E-state index < -0.39 is 51.7 Å². The van der Waals surface area contributed by atoms with Crippen LogP contribution in [0.1, 0.15) is 35.0 Å². The molecule has 1 aromatic carbocycles. The highest BCUT2D eigenvalue weighted by molar-refractivity contribution is 7.90. The molecule has 1 amide bonds. The number of pyridine rings is 1. The van der Waals surface area contributed by atoms with Gasteiger partial charge in [0, 0.05) is 44.5 Å². The number of carbonyl (C=O) groups is 1. The van der Waals surface area contributed by atoms with Gasteiger partial charge in [-0.3, -0.25) is 14.7 Å². The number of rotatable bonds is 10. The van der Waals surface area contributed by atoms with Crippen molar-refractivity contribution in [3.8, 4) is 16.9 Å². The summed E-state index contributed by atoms with van der Waals surface area (Å²) in [6, 6.07) is 8.14. The Morgan fingerprint density at radius 1 is 0.955 bits per heavy atom. The summed E-state index contributed by atoms with van der Waals surface area (Å²) in [6.07, 6.45) is -7.90. The van der Waals surface area contributed by atoms with Crippen molar-refractivity contribution in [2.75, 3.05) is 43.4 Å². The van der Waals surface area contributed by atoms with Crippen molar-refractivity contribution >= 4 is 21.7 Å². The fourth-order valence-electron chi connectivity index (χ4n) is 4.44. The van der Waals surface area contributed by atoms with Crippen molar-refractivity contribution in [2.45, 2.75) is 32.2 Å². The molecule has 0 saturated carbocycles. The van der Waals surface area contributed by atoms with Gasteiger partial charge >= 0.3 is 12.4 Å². The van der Waals surface area contributed by atoms with Gasteiger partial charge in [-0.1, -0.05) is 0 Å². The number of hydrogen-bond donors (Lipinski definition) is 1. The Labute approximate surface area is 249 Å². The van der Waals surface area contributed by atoms with E-state index in [1.165, 1.54) is 29.2 Å². The average Bonchev–Trinajstić information content (AvgIpc) is 2.96. The summed E-state index contributed by atoms with van der Waals surface area (Å²) in [5.74, 6) is -1.71. The van der Waals surface area contributed by atoms with E-state index in [1.54, 1.807) is 19.1 Å². The third-order valence-corrected chi connectivity index (χ3v) is 7.80. The van der Waals surface area contributed by atoms with Crippen LogP contribution in [0.2, 0.25) is 0 Å². The topological polar surface area (TPSA) is 118 Å². The molecule has 238 valence electrons. The van der Waals surface area contributed by atoms with Gasteiger partial charge in [0.05, 0.1) is 30.5 Å². The van der Waals surface area contributed by atoms with Crippen LogP contribution in [0.4, 0.5) is 32.2 Å². The van der Waals surface area contributed by atoms with Crippen LogP contribution in [0.15, 0.2) is 48.8 Å². The second-order valence-electron chi connectivity index (χ2n) is 9.91. The Kier molecular flexibility index (Phi) is 9.98. The molecule has 1 saturated heterocycles. The summed E-state index contributed by atoms with van der Waals surface area (Å²) < 4.78 is 109. The fourth-order valence-corrected chi connectivity index (χ4v) is 5.43. The van der Waals surface area contributed by atoms with E-state index in [1.807, 2.05) is 9.80 Å². The van der Waals surface area contributed by atoms with Crippen molar-refractivity contribution in [1.82, 2.24) is 24.8 Å². The highest BCUT2D eigenvalue weighted by Crippen LogP contribution is 2.34. The zero-order chi connectivity index (χ0) is 32.1. The summed E-state index contributed by atoms with van der Waals surface area (Å²) in [4.78, 5) is 20.0. The fraction of sp³-hybridized carbons (Fsp3) is 0.407. The number of anilines is 1. The number of ether oxygens (including phenoxy) is 1. The van der Waals surface area contributed by atoms with Crippen LogP contribution in [0.25, 0.3) is 11.1 Å². The maximum absolute atomic E-state index is 13.7. The molecule has 1 fully saturated rings. The molecule has 10 nitrogen and oxygen atoms in total. The molecule has 44 heavy (non-hydrogen) atoms. The zero-order valence-electron chi connectivity index (χ0n) is 23.3. The number of aromatic nitrogens is 3. The lowest BCUT2D eigenvalue weighted by molar-refractivity contribution is -0.137. The van der Waals surface area contributed by atoms with Gasteiger partial charge < -0.3 is 9.64 Å². The summed E-state index contributed by atoms with van der Waals surface area (Å²) in [6.45, 7) is 4.21. The van der Waals surface area contributed by atoms with Crippen molar-refractivity contribution in [1.29, 1.82) is 0 Å². The van der Waals surface area contributed by atoms with Crippen LogP contribution in [-0.2, 0) is 22.7 Å². The molecule has 0 unspecified atom stereocenters. The Bertz CT molecular complexity index is 1560. The number of sulfonamides is 1. The molecule has 2 aromatic heterocycles. The maximum atomic E-state index is 13.7. The molecular formula is C27H28F6N6O4S. The van der Waals surface area contributed by atoms with Crippen molar-refractivity contribution < 1.29 is 44.3 Å². The summed E-state index contributed by atoms with van der Waals surface area (Å²) in [7, 11) is -4.53. The summed E-state index contributed by atoms with van der Waals surface area (Å²) in [5, 5.41) is 7.63. The average molecular weight is 647 g/mol. The quantitative estimate of drug-likeness (QED) is 0.322. The summed E-state index contributed by atoms with van der Waals surface area (Å²) >= 11 is 0. The Hall–Kier alpha value is -3.99. The molecular weight excluding hydrogens is 618 g/mol. The zero-order valence-corrected chi connectivity index (χ0v) is 24.1. The van der Waals surface area contributed by atoms with Crippen LogP contribution in [0, 0.1) is 0 Å². The number of benzene rings is 1. The molecule has 3 heterocycles. The molecule has 1 aliphatic rings. The predicted octanol–water partition coefficient (Wildman–Crippen LogP) is 4.29. The first-order chi connectivity index (χ1) is 20.6. The van der Waals surface area contributed by atoms with E-state index in [4.69, 9.17) is 4.74 Å². The van der Waals surface area contributed by atoms with Gasteiger partial charge in [-0.05, 0) is 54.4 Å². The molecule has 0 bridgehead atoms. The van der Waals surface area contributed by atoms with Gasteiger partial charge in [0.1, 0.15) is 5.75 Å². The van der Waals surface area contributed by atoms with Gasteiger partial charge in [-0.15, -0.1) is 10.2 Å². The number of nitrogens with zero attached hydrogens (tertiary/aromatic N) is 5. The molecule has 0 aliphatic carbocycles. The first-order valence-corrected chi connectivity index (χ1v) is 15.0. The van der Waals surface area contributed by atoms with E-state index in [0.29, 0.717) is 61.0 Å². The Balaban J connectivity index is 1.38. The molecule has 1 N–H and O–H groups in total. The van der Waals surface area contributed by atoms with Crippen LogP contribution >= 0.6 is 0 Å². The normalized spacial score (nSPS) is 14.8. The lowest BCUT2D eigenvalue weighted by Gasteiger charge is -2.35. The van der Waals surface area contributed by atoms with Crippen LogP contribution < -0.4 is 14.4 Å². The molecule has 3 aromatic rings. The SMILES string of the molecule is CCOc1cncc(-c2cc(CN3CCN(c4ccc(C(=O)NS(=O)(=O)CCC(F)(F)F)nn4)CC3)cc(C(F)(F)F)c2)c1. The molecule has 1 aliphatic heterocycles. The second-order valence-corrected chi connectivity index (χ2v) is 11.8. The van der Waals surface area contributed by atoms with E-state index in [-0.39, 0.29) is 6.54 Å². The second kappa shape index (κ2) is 13.3. The lowest BCUT2D eigenvalue weighted by Crippen LogP contribution is -2.46. The van der Waals surface area contributed by atoms with Gasteiger partial charge in [-0.25, -0.2) is 13.1 Å². The van der Waals surface area contributed by atoms with E-state index in [2.05, 4.69) is 15.2 Å². The van der Waals surface area contributed by atoms with E-state index >= 15 is 0 Å². The smallest absolute Gasteiger partial charge is 0.416 e. The molecule has 0 radical (unpaired) electrons. The highest BCUT2D eigenvalue weighted by atomic mass is 32.2. The van der Waals surface area contributed by atoms with Crippen LogP contribution in [-0.4, -0.2) is 79.1 Å². The molecule has 4 rings (SSSR count). The van der Waals surface area contributed by atoms with E-state index in [0.717, 1.165) is 12.1 Å².